The molecular weight excluding hydrogens is 382 g/mol. The summed E-state index contributed by atoms with van der Waals surface area (Å²) in [6.45, 7) is 3.17. The molecule has 2 aliphatic rings. The van der Waals surface area contributed by atoms with Crippen molar-refractivity contribution in [2.45, 2.75) is 25.8 Å². The number of carbonyl (C=O) groups is 2. The number of Topliss-reactive ketones (excluding diaryl/α,β-unsaturated/α-hetero) is 1. The number of fused-ring (bicyclic) bond motifs is 1. The molecule has 1 N–H and O–H groups in total. The van der Waals surface area contributed by atoms with E-state index >= 15 is 0 Å². The fraction of sp³-hybridized carbons (Fsp3) is 0.333. The Hall–Kier alpha value is -3.12. The number of benzene rings is 2. The zero-order chi connectivity index (χ0) is 21.3. The minimum Gasteiger partial charge on any atom is -0.507 e. The van der Waals surface area contributed by atoms with Crippen LogP contribution in [-0.4, -0.2) is 48.6 Å². The molecule has 0 aromatic heterocycles. The highest BCUT2D eigenvalue weighted by Gasteiger charge is 2.46. The van der Waals surface area contributed by atoms with Gasteiger partial charge in [-0.25, -0.2) is 0 Å². The molecule has 0 spiro atoms. The zero-order valence-electron chi connectivity index (χ0n) is 17.2. The van der Waals surface area contributed by atoms with Gasteiger partial charge in [0.2, 0.25) is 0 Å². The lowest BCUT2D eigenvalue weighted by atomic mass is 9.92. The third-order valence-corrected chi connectivity index (χ3v) is 5.74. The Morgan fingerprint density at radius 3 is 2.80 bits per heavy atom. The Bertz CT molecular complexity index is 1030. The van der Waals surface area contributed by atoms with E-state index in [1.165, 1.54) is 4.90 Å². The summed E-state index contributed by atoms with van der Waals surface area (Å²) in [5.74, 6) is -0.655. The third kappa shape index (κ3) is 3.48. The molecule has 1 atom stereocenters. The highest BCUT2D eigenvalue weighted by atomic mass is 16.5. The maximum absolute atomic E-state index is 13.0. The van der Waals surface area contributed by atoms with Crippen LogP contribution < -0.4 is 4.74 Å². The largest absolute Gasteiger partial charge is 0.507 e. The van der Waals surface area contributed by atoms with Crippen LogP contribution in [0.3, 0.4) is 0 Å². The van der Waals surface area contributed by atoms with Crippen molar-refractivity contribution >= 4 is 17.4 Å². The van der Waals surface area contributed by atoms with Gasteiger partial charge in [-0.05, 0) is 54.7 Å². The Kier molecular flexibility index (Phi) is 5.59. The summed E-state index contributed by atoms with van der Waals surface area (Å²) in [7, 11) is 1.55. The van der Waals surface area contributed by atoms with Gasteiger partial charge in [0.05, 0.1) is 24.8 Å². The van der Waals surface area contributed by atoms with E-state index in [4.69, 9.17) is 9.47 Å². The molecule has 0 saturated carbocycles. The number of rotatable bonds is 5. The first kappa shape index (κ1) is 20.2. The molecule has 2 heterocycles. The second kappa shape index (κ2) is 8.32. The van der Waals surface area contributed by atoms with Gasteiger partial charge >= 0.3 is 0 Å². The van der Waals surface area contributed by atoms with Crippen LogP contribution in [0.5, 0.6) is 5.75 Å². The van der Waals surface area contributed by atoms with Crippen LogP contribution in [0.1, 0.15) is 34.7 Å². The number of aryl methyl sites for hydroxylation is 2. The predicted molar refractivity (Wildman–Crippen MR) is 112 cm³/mol. The molecule has 1 saturated heterocycles. The maximum Gasteiger partial charge on any atom is 0.295 e. The number of ether oxygens (including phenoxy) is 2. The number of nitrogens with zero attached hydrogens (tertiary/aromatic N) is 1. The summed E-state index contributed by atoms with van der Waals surface area (Å²) in [6, 6.07) is 12.3. The van der Waals surface area contributed by atoms with Crippen LogP contribution in [0.2, 0.25) is 0 Å². The normalized spacial score (nSPS) is 20.2. The average Bonchev–Trinajstić information content (AvgIpc) is 3.01. The second-order valence-corrected chi connectivity index (χ2v) is 7.62. The van der Waals surface area contributed by atoms with Crippen LogP contribution in [0.25, 0.3) is 5.76 Å². The Morgan fingerprint density at radius 2 is 2.03 bits per heavy atom. The summed E-state index contributed by atoms with van der Waals surface area (Å²) < 4.78 is 10.8. The van der Waals surface area contributed by atoms with Gasteiger partial charge in [0.1, 0.15) is 11.5 Å². The number of hydrogen-bond acceptors (Lipinski definition) is 5. The lowest BCUT2D eigenvalue weighted by Crippen LogP contribution is -2.32. The lowest BCUT2D eigenvalue weighted by Gasteiger charge is -2.26. The quantitative estimate of drug-likeness (QED) is 0.467. The smallest absolute Gasteiger partial charge is 0.295 e. The molecule has 2 aromatic rings. The van der Waals surface area contributed by atoms with Crippen molar-refractivity contribution in [1.29, 1.82) is 0 Å². The average molecular weight is 407 g/mol. The van der Waals surface area contributed by atoms with Gasteiger partial charge in [-0.3, -0.25) is 9.59 Å². The van der Waals surface area contributed by atoms with E-state index in [1.807, 2.05) is 43.3 Å². The Morgan fingerprint density at radius 1 is 1.23 bits per heavy atom. The van der Waals surface area contributed by atoms with Crippen molar-refractivity contribution in [3.8, 4) is 5.75 Å². The third-order valence-electron chi connectivity index (χ3n) is 5.74. The van der Waals surface area contributed by atoms with Crippen LogP contribution in [0.4, 0.5) is 0 Å². The molecule has 6 heteroatoms. The molecule has 2 aliphatic heterocycles. The SMILES string of the molecule is COCCN1C(=O)C(=O)/C(=C(/O)c2ccc3c(c2)CCCO3)C1c1ccccc1C. The first-order valence-corrected chi connectivity index (χ1v) is 10.1. The van der Waals surface area contributed by atoms with Crippen molar-refractivity contribution in [2.75, 3.05) is 26.9 Å². The van der Waals surface area contributed by atoms with Crippen molar-refractivity contribution < 1.29 is 24.2 Å². The highest BCUT2D eigenvalue weighted by Crippen LogP contribution is 2.41. The topological polar surface area (TPSA) is 76.1 Å². The van der Waals surface area contributed by atoms with Crippen LogP contribution in [-0.2, 0) is 20.7 Å². The van der Waals surface area contributed by atoms with Crippen molar-refractivity contribution in [2.24, 2.45) is 0 Å². The first-order valence-electron chi connectivity index (χ1n) is 10.1. The van der Waals surface area contributed by atoms with E-state index in [1.54, 1.807) is 13.2 Å². The second-order valence-electron chi connectivity index (χ2n) is 7.62. The van der Waals surface area contributed by atoms with E-state index in [-0.39, 0.29) is 17.9 Å². The van der Waals surface area contributed by atoms with E-state index in [2.05, 4.69) is 0 Å². The number of methoxy groups -OCH3 is 1. The van der Waals surface area contributed by atoms with Gasteiger partial charge in [-0.1, -0.05) is 24.3 Å². The van der Waals surface area contributed by atoms with Gasteiger partial charge in [-0.2, -0.15) is 0 Å². The molecule has 4 rings (SSSR count). The molecule has 0 radical (unpaired) electrons. The maximum atomic E-state index is 13.0. The fourth-order valence-electron chi connectivity index (χ4n) is 4.18. The monoisotopic (exact) mass is 407 g/mol. The highest BCUT2D eigenvalue weighted by molar-refractivity contribution is 6.46. The van der Waals surface area contributed by atoms with Crippen molar-refractivity contribution in [3.63, 3.8) is 0 Å². The van der Waals surface area contributed by atoms with Crippen molar-refractivity contribution in [1.82, 2.24) is 4.90 Å². The molecule has 0 aliphatic carbocycles. The van der Waals surface area contributed by atoms with E-state index < -0.39 is 17.7 Å². The number of hydrogen-bond donors (Lipinski definition) is 1. The molecule has 1 amide bonds. The lowest BCUT2D eigenvalue weighted by molar-refractivity contribution is -0.140. The zero-order valence-corrected chi connectivity index (χ0v) is 17.2. The first-order chi connectivity index (χ1) is 14.5. The molecule has 30 heavy (non-hydrogen) atoms. The molecule has 156 valence electrons. The van der Waals surface area contributed by atoms with Crippen LogP contribution >= 0.6 is 0 Å². The molecule has 1 unspecified atom stereocenters. The number of aliphatic hydroxyl groups excluding tert-OH is 1. The molecule has 6 nitrogen and oxygen atoms in total. The summed E-state index contributed by atoms with van der Waals surface area (Å²) in [6.07, 6.45) is 1.75. The summed E-state index contributed by atoms with van der Waals surface area (Å²) in [4.78, 5) is 27.3. The summed E-state index contributed by atoms with van der Waals surface area (Å²) in [5.41, 5.74) is 3.38. The molecule has 1 fully saturated rings. The molecule has 2 aromatic carbocycles. The van der Waals surface area contributed by atoms with Gasteiger partial charge in [-0.15, -0.1) is 0 Å². The Labute approximate surface area is 175 Å². The standard InChI is InChI=1S/C24H25NO5/c1-15-6-3-4-8-18(15)21-20(23(27)24(28)25(21)11-13-29-2)22(26)17-9-10-19-16(14-17)7-5-12-30-19/h3-4,6,8-10,14,21,26H,5,7,11-13H2,1-2H3/b22-20+. The van der Waals surface area contributed by atoms with Gasteiger partial charge < -0.3 is 19.5 Å². The van der Waals surface area contributed by atoms with Crippen LogP contribution in [0.15, 0.2) is 48.0 Å². The minimum absolute atomic E-state index is 0.113. The minimum atomic E-state index is -0.675. The number of aliphatic hydroxyl groups is 1. The molecular formula is C24H25NO5. The van der Waals surface area contributed by atoms with E-state index in [0.29, 0.717) is 18.8 Å². The van der Waals surface area contributed by atoms with E-state index in [0.717, 1.165) is 35.3 Å². The number of likely N-dealkylation sites (tertiary alicyclic amines) is 1. The van der Waals surface area contributed by atoms with Gasteiger partial charge in [0, 0.05) is 19.2 Å². The van der Waals surface area contributed by atoms with E-state index in [9.17, 15) is 14.7 Å². The Balaban J connectivity index is 1.85. The number of carbonyl (C=O) groups excluding carboxylic acids is 2. The van der Waals surface area contributed by atoms with Gasteiger partial charge in [0.25, 0.3) is 11.7 Å². The fourth-order valence-corrected chi connectivity index (χ4v) is 4.18. The van der Waals surface area contributed by atoms with Gasteiger partial charge in [0.15, 0.2) is 0 Å². The van der Waals surface area contributed by atoms with Crippen LogP contribution in [0, 0.1) is 6.92 Å². The summed E-state index contributed by atoms with van der Waals surface area (Å²) in [5, 5.41) is 11.2. The predicted octanol–water partition coefficient (Wildman–Crippen LogP) is 3.39. The molecule has 0 bridgehead atoms. The summed E-state index contributed by atoms with van der Waals surface area (Å²) >= 11 is 0. The number of ketones is 1. The number of amides is 1. The van der Waals surface area contributed by atoms with Crippen molar-refractivity contribution in [3.05, 3.63) is 70.3 Å².